The lowest BCUT2D eigenvalue weighted by atomic mass is 9.81. The minimum atomic E-state index is -1.40. The van der Waals surface area contributed by atoms with Gasteiger partial charge in [0.2, 0.25) is 6.29 Å². The highest BCUT2D eigenvalue weighted by molar-refractivity contribution is 5.43. The van der Waals surface area contributed by atoms with Gasteiger partial charge in [0.25, 0.3) is 0 Å². The average molecular weight is 302 g/mol. The Morgan fingerprint density at radius 2 is 1.68 bits per heavy atom. The van der Waals surface area contributed by atoms with Gasteiger partial charge in [-0.2, -0.15) is 0 Å². The Labute approximate surface area is 128 Å². The molecule has 1 aliphatic rings. The largest absolute Gasteiger partial charge is 0.497 e. The van der Waals surface area contributed by atoms with Gasteiger partial charge >= 0.3 is 0 Å². The molecule has 0 saturated carbocycles. The van der Waals surface area contributed by atoms with E-state index in [1.165, 1.54) is 7.11 Å². The summed E-state index contributed by atoms with van der Waals surface area (Å²) in [6.45, 7) is 0. The molecule has 0 aromatic heterocycles. The van der Waals surface area contributed by atoms with Crippen molar-refractivity contribution in [1.29, 1.82) is 0 Å². The van der Waals surface area contributed by atoms with Gasteiger partial charge in [0.1, 0.15) is 17.6 Å². The Morgan fingerprint density at radius 3 is 2.32 bits per heavy atom. The molecule has 2 aromatic carbocycles. The minimum Gasteiger partial charge on any atom is -0.497 e. The van der Waals surface area contributed by atoms with Crippen molar-refractivity contribution in [1.82, 2.24) is 0 Å². The molecule has 1 aliphatic heterocycles. The van der Waals surface area contributed by atoms with Crippen molar-refractivity contribution < 1.29 is 24.4 Å². The van der Waals surface area contributed by atoms with Crippen molar-refractivity contribution in [3.8, 4) is 11.5 Å². The van der Waals surface area contributed by atoms with Crippen LogP contribution < -0.4 is 9.47 Å². The number of hydrogen-bond donors (Lipinski definition) is 2. The minimum absolute atomic E-state index is 0.448. The quantitative estimate of drug-likeness (QED) is 0.907. The van der Waals surface area contributed by atoms with Crippen LogP contribution in [-0.2, 0) is 10.3 Å². The van der Waals surface area contributed by atoms with Crippen molar-refractivity contribution in [2.24, 2.45) is 0 Å². The van der Waals surface area contributed by atoms with Gasteiger partial charge in [-0.1, -0.05) is 30.3 Å². The number of aliphatic hydroxyl groups excluding tert-OH is 2. The van der Waals surface area contributed by atoms with E-state index in [0.29, 0.717) is 22.6 Å². The predicted molar refractivity (Wildman–Crippen MR) is 79.7 cm³/mol. The molecule has 0 saturated heterocycles. The van der Waals surface area contributed by atoms with Gasteiger partial charge in [0, 0.05) is 12.7 Å². The number of aliphatic hydroxyl groups is 2. The molecule has 3 unspecified atom stereocenters. The van der Waals surface area contributed by atoms with Crippen LogP contribution in [0.2, 0.25) is 0 Å². The summed E-state index contributed by atoms with van der Waals surface area (Å²) in [4.78, 5) is 0. The van der Waals surface area contributed by atoms with Crippen LogP contribution in [0.3, 0.4) is 0 Å². The molecular formula is C17H18O5. The number of benzene rings is 2. The summed E-state index contributed by atoms with van der Waals surface area (Å²) in [7, 11) is 3.01. The summed E-state index contributed by atoms with van der Waals surface area (Å²) < 4.78 is 16.2. The van der Waals surface area contributed by atoms with E-state index in [1.807, 2.05) is 0 Å². The maximum atomic E-state index is 10.8. The van der Waals surface area contributed by atoms with Crippen LogP contribution in [0.25, 0.3) is 0 Å². The van der Waals surface area contributed by atoms with Gasteiger partial charge in [-0.05, 0) is 23.8 Å². The monoisotopic (exact) mass is 302 g/mol. The molecule has 22 heavy (non-hydrogen) atoms. The summed E-state index contributed by atoms with van der Waals surface area (Å²) in [6.07, 6.45) is -2.40. The molecule has 2 aromatic rings. The fraction of sp³-hybridized carbons (Fsp3) is 0.294. The van der Waals surface area contributed by atoms with Gasteiger partial charge < -0.3 is 24.4 Å². The van der Waals surface area contributed by atoms with E-state index in [0.717, 1.165) is 0 Å². The van der Waals surface area contributed by atoms with Crippen molar-refractivity contribution in [2.45, 2.75) is 18.0 Å². The van der Waals surface area contributed by atoms with Crippen LogP contribution in [0.4, 0.5) is 0 Å². The second-order valence-electron chi connectivity index (χ2n) is 5.14. The third-order valence-electron chi connectivity index (χ3n) is 4.10. The van der Waals surface area contributed by atoms with Crippen LogP contribution in [-0.4, -0.2) is 30.7 Å². The molecule has 3 rings (SSSR count). The van der Waals surface area contributed by atoms with Crippen LogP contribution in [0.5, 0.6) is 11.5 Å². The molecule has 1 heterocycles. The highest BCUT2D eigenvalue weighted by atomic mass is 16.6. The van der Waals surface area contributed by atoms with Crippen molar-refractivity contribution in [3.63, 3.8) is 0 Å². The van der Waals surface area contributed by atoms with Gasteiger partial charge in [0.05, 0.1) is 7.11 Å². The number of para-hydroxylation sites is 1. The third-order valence-corrected chi connectivity index (χ3v) is 4.10. The summed E-state index contributed by atoms with van der Waals surface area (Å²) in [6, 6.07) is 14.0. The molecule has 0 radical (unpaired) electrons. The van der Waals surface area contributed by atoms with Gasteiger partial charge in [-0.3, -0.25) is 0 Å². The van der Waals surface area contributed by atoms with E-state index >= 15 is 0 Å². The Hall–Kier alpha value is -2.08. The molecule has 0 aliphatic carbocycles. The maximum absolute atomic E-state index is 10.8. The lowest BCUT2D eigenvalue weighted by Gasteiger charge is -2.44. The molecule has 0 fully saturated rings. The van der Waals surface area contributed by atoms with Crippen molar-refractivity contribution in [3.05, 3.63) is 59.7 Å². The molecule has 5 nitrogen and oxygen atoms in total. The first-order valence-electron chi connectivity index (χ1n) is 6.95. The number of ether oxygens (including phenoxy) is 3. The highest BCUT2D eigenvalue weighted by Gasteiger charge is 2.53. The Kier molecular flexibility index (Phi) is 3.78. The summed E-state index contributed by atoms with van der Waals surface area (Å²) in [5.41, 5.74) is -0.226. The molecule has 5 heteroatoms. The van der Waals surface area contributed by atoms with E-state index in [4.69, 9.17) is 14.2 Å². The second-order valence-corrected chi connectivity index (χ2v) is 5.14. The second kappa shape index (κ2) is 5.61. The zero-order chi connectivity index (χ0) is 15.7. The van der Waals surface area contributed by atoms with Crippen LogP contribution in [0.15, 0.2) is 48.5 Å². The number of methoxy groups -OCH3 is 2. The Balaban J connectivity index is 2.11. The summed E-state index contributed by atoms with van der Waals surface area (Å²) in [5, 5.41) is 21.3. The molecule has 0 amide bonds. The lowest BCUT2D eigenvalue weighted by molar-refractivity contribution is -0.247. The van der Waals surface area contributed by atoms with Crippen LogP contribution >= 0.6 is 0 Å². The highest BCUT2D eigenvalue weighted by Crippen LogP contribution is 2.48. The van der Waals surface area contributed by atoms with E-state index in [1.54, 1.807) is 55.6 Å². The first-order chi connectivity index (χ1) is 10.6. The maximum Gasteiger partial charge on any atom is 0.234 e. The molecule has 3 atom stereocenters. The zero-order valence-electron chi connectivity index (χ0n) is 12.4. The molecule has 0 spiro atoms. The van der Waals surface area contributed by atoms with E-state index < -0.39 is 18.0 Å². The van der Waals surface area contributed by atoms with E-state index in [9.17, 15) is 10.2 Å². The summed E-state index contributed by atoms with van der Waals surface area (Å²) >= 11 is 0. The Bertz CT molecular complexity index is 654. The molecule has 2 N–H and O–H groups in total. The first-order valence-corrected chi connectivity index (χ1v) is 6.95. The standard InChI is InChI=1S/C17H18O5/c1-20-12-9-7-11(8-10-12)17(21-2)15(18)13-5-3-4-6-14(13)22-16(17)19/h3-10,15-16,18-19H,1-2H3. The topological polar surface area (TPSA) is 68.2 Å². The third kappa shape index (κ3) is 2.06. The van der Waals surface area contributed by atoms with E-state index in [2.05, 4.69) is 0 Å². The van der Waals surface area contributed by atoms with Crippen LogP contribution in [0, 0.1) is 0 Å². The van der Waals surface area contributed by atoms with Crippen molar-refractivity contribution in [2.75, 3.05) is 14.2 Å². The number of fused-ring (bicyclic) bond motifs is 1. The average Bonchev–Trinajstić information content (AvgIpc) is 2.56. The smallest absolute Gasteiger partial charge is 0.234 e. The van der Waals surface area contributed by atoms with Crippen molar-refractivity contribution >= 4 is 0 Å². The lowest BCUT2D eigenvalue weighted by Crippen LogP contribution is -2.52. The number of rotatable bonds is 3. The predicted octanol–water partition coefficient (Wildman–Crippen LogP) is 1.98. The van der Waals surface area contributed by atoms with E-state index in [-0.39, 0.29) is 0 Å². The Morgan fingerprint density at radius 1 is 1.00 bits per heavy atom. The van der Waals surface area contributed by atoms with Crippen LogP contribution in [0.1, 0.15) is 17.2 Å². The van der Waals surface area contributed by atoms with Gasteiger partial charge in [-0.15, -0.1) is 0 Å². The molecule has 0 bridgehead atoms. The molecule has 116 valence electrons. The zero-order valence-corrected chi connectivity index (χ0v) is 12.4. The molecular weight excluding hydrogens is 284 g/mol. The SMILES string of the molecule is COc1ccc(C2(OC)C(O)Oc3ccccc3C2O)cc1. The normalized spacial score (nSPS) is 26.9. The first kappa shape index (κ1) is 14.8. The fourth-order valence-electron chi connectivity index (χ4n) is 2.87. The van der Waals surface area contributed by atoms with Gasteiger partial charge in [0.15, 0.2) is 5.60 Å². The fourth-order valence-corrected chi connectivity index (χ4v) is 2.87. The number of hydrogen-bond acceptors (Lipinski definition) is 5. The van der Waals surface area contributed by atoms with Gasteiger partial charge in [-0.25, -0.2) is 0 Å². The summed E-state index contributed by atoms with van der Waals surface area (Å²) in [5.74, 6) is 1.12.